The van der Waals surface area contributed by atoms with E-state index < -0.39 is 0 Å². The minimum absolute atomic E-state index is 0.0975. The molecular weight excluding hydrogens is 262 g/mol. The third-order valence-electron chi connectivity index (χ3n) is 3.53. The van der Waals surface area contributed by atoms with Gasteiger partial charge in [0.2, 0.25) is 0 Å². The van der Waals surface area contributed by atoms with Gasteiger partial charge in [-0.05, 0) is 64.5 Å². The van der Waals surface area contributed by atoms with E-state index in [1.165, 1.54) is 18.4 Å². The number of nitrogens with one attached hydrogen (secondary N) is 1. The van der Waals surface area contributed by atoms with Gasteiger partial charge in [-0.25, -0.2) is 0 Å². The maximum absolute atomic E-state index is 8.50. The zero-order valence-corrected chi connectivity index (χ0v) is 13.4. The number of benzene rings is 1. The van der Waals surface area contributed by atoms with E-state index in [-0.39, 0.29) is 6.61 Å². The standard InChI is InChI=1S/C17H27N3O/c1-15(2)20(3)11-5-4-10-19-14-16-7-6-8-17(13-16)21-12-9-18/h6-8,13,15,19H,4-5,10-12,14H2,1-3H3. The average molecular weight is 289 g/mol. The van der Waals surface area contributed by atoms with Gasteiger partial charge in [0.1, 0.15) is 11.8 Å². The lowest BCUT2D eigenvalue weighted by Gasteiger charge is -2.20. The van der Waals surface area contributed by atoms with Gasteiger partial charge in [0.15, 0.2) is 6.61 Å². The van der Waals surface area contributed by atoms with Gasteiger partial charge in [-0.15, -0.1) is 0 Å². The van der Waals surface area contributed by atoms with E-state index in [1.54, 1.807) is 0 Å². The first kappa shape index (κ1) is 17.5. The normalized spacial score (nSPS) is 10.9. The lowest BCUT2D eigenvalue weighted by atomic mass is 10.2. The van der Waals surface area contributed by atoms with E-state index in [0.717, 1.165) is 25.4 Å². The van der Waals surface area contributed by atoms with Crippen molar-refractivity contribution < 1.29 is 4.74 Å². The molecule has 0 amide bonds. The molecule has 21 heavy (non-hydrogen) atoms. The van der Waals surface area contributed by atoms with Crippen LogP contribution in [0.4, 0.5) is 0 Å². The van der Waals surface area contributed by atoms with E-state index in [2.05, 4.69) is 37.2 Å². The molecular formula is C17H27N3O. The van der Waals surface area contributed by atoms with Crippen LogP contribution in [-0.4, -0.2) is 37.7 Å². The molecule has 0 unspecified atom stereocenters. The summed E-state index contributed by atoms with van der Waals surface area (Å²) in [6.07, 6.45) is 2.40. The van der Waals surface area contributed by atoms with E-state index in [9.17, 15) is 0 Å². The van der Waals surface area contributed by atoms with Gasteiger partial charge in [-0.3, -0.25) is 0 Å². The highest BCUT2D eigenvalue weighted by atomic mass is 16.5. The van der Waals surface area contributed by atoms with Gasteiger partial charge in [0.25, 0.3) is 0 Å². The zero-order valence-electron chi connectivity index (χ0n) is 13.4. The smallest absolute Gasteiger partial charge is 0.174 e. The Hall–Kier alpha value is -1.57. The number of rotatable bonds is 10. The van der Waals surface area contributed by atoms with Crippen molar-refractivity contribution in [3.05, 3.63) is 29.8 Å². The Bertz CT molecular complexity index is 440. The van der Waals surface area contributed by atoms with Crippen LogP contribution in [0.2, 0.25) is 0 Å². The van der Waals surface area contributed by atoms with Crippen LogP contribution in [0.15, 0.2) is 24.3 Å². The van der Waals surface area contributed by atoms with Crippen LogP contribution >= 0.6 is 0 Å². The molecule has 0 spiro atoms. The Morgan fingerprint density at radius 3 is 2.86 bits per heavy atom. The average Bonchev–Trinajstić information content (AvgIpc) is 2.48. The number of hydrogen-bond acceptors (Lipinski definition) is 4. The molecule has 4 heteroatoms. The van der Waals surface area contributed by atoms with Crippen LogP contribution in [0.25, 0.3) is 0 Å². The maximum atomic E-state index is 8.50. The van der Waals surface area contributed by atoms with E-state index >= 15 is 0 Å². The molecule has 1 rings (SSSR count). The van der Waals surface area contributed by atoms with Crippen LogP contribution in [0.1, 0.15) is 32.3 Å². The minimum atomic E-state index is 0.0975. The van der Waals surface area contributed by atoms with Crippen LogP contribution in [0.3, 0.4) is 0 Å². The Morgan fingerprint density at radius 2 is 2.14 bits per heavy atom. The molecule has 0 bridgehead atoms. The topological polar surface area (TPSA) is 48.3 Å². The summed E-state index contributed by atoms with van der Waals surface area (Å²) in [5, 5.41) is 12.0. The number of nitriles is 1. The van der Waals surface area contributed by atoms with Gasteiger partial charge in [0, 0.05) is 12.6 Å². The summed E-state index contributed by atoms with van der Waals surface area (Å²) in [5.74, 6) is 0.759. The molecule has 0 saturated carbocycles. The summed E-state index contributed by atoms with van der Waals surface area (Å²) in [6.45, 7) is 7.55. The molecule has 0 saturated heterocycles. The van der Waals surface area contributed by atoms with Gasteiger partial charge in [-0.1, -0.05) is 12.1 Å². The van der Waals surface area contributed by atoms with E-state index in [0.29, 0.717) is 6.04 Å². The first-order valence-corrected chi connectivity index (χ1v) is 7.63. The summed E-state index contributed by atoms with van der Waals surface area (Å²) >= 11 is 0. The quantitative estimate of drug-likeness (QED) is 0.673. The molecule has 0 aromatic heterocycles. The van der Waals surface area contributed by atoms with Gasteiger partial charge in [0.05, 0.1) is 0 Å². The Balaban J connectivity index is 2.16. The Morgan fingerprint density at radius 1 is 1.33 bits per heavy atom. The molecule has 1 N–H and O–H groups in total. The van der Waals surface area contributed by atoms with Gasteiger partial charge in [-0.2, -0.15) is 5.26 Å². The predicted molar refractivity (Wildman–Crippen MR) is 86.3 cm³/mol. The van der Waals surface area contributed by atoms with Crippen LogP contribution in [0, 0.1) is 11.3 Å². The van der Waals surface area contributed by atoms with E-state index in [1.807, 2.05) is 24.3 Å². The first-order valence-electron chi connectivity index (χ1n) is 7.63. The zero-order chi connectivity index (χ0) is 15.5. The van der Waals surface area contributed by atoms with Crippen molar-refractivity contribution >= 4 is 0 Å². The third kappa shape index (κ3) is 7.69. The summed E-state index contributed by atoms with van der Waals surface area (Å²) in [6, 6.07) is 10.5. The molecule has 0 aliphatic heterocycles. The lowest BCUT2D eigenvalue weighted by molar-refractivity contribution is 0.268. The van der Waals surface area contributed by atoms with E-state index in [4.69, 9.17) is 10.00 Å². The number of unbranched alkanes of at least 4 members (excludes halogenated alkanes) is 1. The van der Waals surface area contributed by atoms with Gasteiger partial charge >= 0.3 is 0 Å². The largest absolute Gasteiger partial charge is 0.479 e. The van der Waals surface area contributed by atoms with Gasteiger partial charge < -0.3 is 15.0 Å². The number of hydrogen-bond donors (Lipinski definition) is 1. The molecule has 4 nitrogen and oxygen atoms in total. The number of nitrogens with zero attached hydrogens (tertiary/aromatic N) is 2. The molecule has 0 fully saturated rings. The fourth-order valence-corrected chi connectivity index (χ4v) is 1.96. The van der Waals surface area contributed by atoms with Crippen molar-refractivity contribution in [2.24, 2.45) is 0 Å². The molecule has 1 aromatic carbocycles. The van der Waals surface area contributed by atoms with Crippen molar-refractivity contribution in [2.45, 2.75) is 39.3 Å². The highest BCUT2D eigenvalue weighted by Crippen LogP contribution is 2.12. The Kier molecular flexibility index (Phi) is 8.49. The molecule has 0 heterocycles. The van der Waals surface area contributed by atoms with Crippen molar-refractivity contribution in [1.29, 1.82) is 5.26 Å². The highest BCUT2D eigenvalue weighted by Gasteiger charge is 2.02. The third-order valence-corrected chi connectivity index (χ3v) is 3.53. The highest BCUT2D eigenvalue weighted by molar-refractivity contribution is 5.28. The second-order valence-corrected chi connectivity index (χ2v) is 5.55. The second kappa shape index (κ2) is 10.2. The molecule has 116 valence electrons. The Labute approximate surface area is 128 Å². The van der Waals surface area contributed by atoms with Crippen molar-refractivity contribution in [3.8, 4) is 11.8 Å². The fraction of sp³-hybridized carbons (Fsp3) is 0.588. The summed E-state index contributed by atoms with van der Waals surface area (Å²) in [7, 11) is 2.17. The monoisotopic (exact) mass is 289 g/mol. The fourth-order valence-electron chi connectivity index (χ4n) is 1.96. The van der Waals surface area contributed by atoms with Crippen LogP contribution < -0.4 is 10.1 Å². The maximum Gasteiger partial charge on any atom is 0.174 e. The van der Waals surface area contributed by atoms with Crippen molar-refractivity contribution in [2.75, 3.05) is 26.7 Å². The number of ether oxygens (including phenoxy) is 1. The predicted octanol–water partition coefficient (Wildman–Crippen LogP) is 2.80. The van der Waals surface area contributed by atoms with Crippen LogP contribution in [-0.2, 0) is 6.54 Å². The lowest BCUT2D eigenvalue weighted by Crippen LogP contribution is -2.27. The summed E-state index contributed by atoms with van der Waals surface area (Å²) < 4.78 is 5.30. The molecule has 0 aliphatic carbocycles. The molecule has 0 aliphatic rings. The van der Waals surface area contributed by atoms with Crippen molar-refractivity contribution in [1.82, 2.24) is 10.2 Å². The minimum Gasteiger partial charge on any atom is -0.479 e. The van der Waals surface area contributed by atoms with Crippen LogP contribution in [0.5, 0.6) is 5.75 Å². The second-order valence-electron chi connectivity index (χ2n) is 5.55. The molecule has 0 radical (unpaired) electrons. The molecule has 1 aromatic rings. The SMILES string of the molecule is CC(C)N(C)CCCCNCc1cccc(OCC#N)c1. The first-order chi connectivity index (χ1) is 10.1. The summed E-state index contributed by atoms with van der Waals surface area (Å²) in [4.78, 5) is 2.37. The van der Waals surface area contributed by atoms with Crippen molar-refractivity contribution in [3.63, 3.8) is 0 Å². The summed E-state index contributed by atoms with van der Waals surface area (Å²) in [5.41, 5.74) is 1.18. The molecule has 0 atom stereocenters.